The Labute approximate surface area is 88.3 Å². The highest BCUT2D eigenvalue weighted by molar-refractivity contribution is 5.24. The molecule has 0 radical (unpaired) electrons. The third-order valence-corrected chi connectivity index (χ3v) is 1.86. The smallest absolute Gasteiger partial charge is 0.165 e. The maximum Gasteiger partial charge on any atom is 0.165 e. The molecule has 0 bridgehead atoms. The van der Waals surface area contributed by atoms with E-state index in [0.29, 0.717) is 13.2 Å². The van der Waals surface area contributed by atoms with E-state index in [9.17, 15) is 8.78 Å². The van der Waals surface area contributed by atoms with E-state index >= 15 is 0 Å². The Morgan fingerprint density at radius 3 is 2.80 bits per heavy atom. The van der Waals surface area contributed by atoms with Gasteiger partial charge in [-0.05, 0) is 25.1 Å². The van der Waals surface area contributed by atoms with Gasteiger partial charge in [0, 0.05) is 12.6 Å². The predicted octanol–water partition coefficient (Wildman–Crippen LogP) is 2.34. The van der Waals surface area contributed by atoms with Crippen LogP contribution in [-0.4, -0.2) is 19.7 Å². The number of hydrogen-bond acceptors (Lipinski definition) is 2. The molecule has 1 N–H and O–H groups in total. The average Bonchev–Trinajstić information content (AvgIpc) is 2.23. The first-order chi connectivity index (χ1) is 7.24. The van der Waals surface area contributed by atoms with E-state index in [1.54, 1.807) is 0 Å². The van der Waals surface area contributed by atoms with Crippen LogP contribution in [-0.2, 0) is 0 Å². The molecule has 0 aliphatic heterocycles. The number of halogens is 2. The predicted molar refractivity (Wildman–Crippen MR) is 55.0 cm³/mol. The first-order valence-electron chi connectivity index (χ1n) is 5.02. The average molecular weight is 215 g/mol. The van der Waals surface area contributed by atoms with Crippen LogP contribution in [0.25, 0.3) is 0 Å². The molecule has 1 aromatic carbocycles. The van der Waals surface area contributed by atoms with Gasteiger partial charge in [0.05, 0.1) is 0 Å². The fourth-order valence-electron chi connectivity index (χ4n) is 1.12. The Balaban J connectivity index is 2.33. The third kappa shape index (κ3) is 4.25. The second kappa shape index (κ2) is 6.35. The highest BCUT2D eigenvalue weighted by atomic mass is 19.1. The molecule has 0 fully saturated rings. The lowest BCUT2D eigenvalue weighted by molar-refractivity contribution is 0.297. The van der Waals surface area contributed by atoms with Crippen LogP contribution in [0.1, 0.15) is 13.3 Å². The fourth-order valence-corrected chi connectivity index (χ4v) is 1.12. The molecular formula is C11H15F2NO. The molecule has 1 aromatic rings. The van der Waals surface area contributed by atoms with Gasteiger partial charge in [-0.3, -0.25) is 0 Å². The van der Waals surface area contributed by atoms with Gasteiger partial charge in [0.25, 0.3) is 0 Å². The van der Waals surface area contributed by atoms with Crippen LogP contribution in [0.5, 0.6) is 5.75 Å². The molecule has 1 rings (SSSR count). The summed E-state index contributed by atoms with van der Waals surface area (Å²) < 4.78 is 30.8. The van der Waals surface area contributed by atoms with Crippen LogP contribution in [0, 0.1) is 11.6 Å². The Hall–Kier alpha value is -1.16. The van der Waals surface area contributed by atoms with Crippen molar-refractivity contribution < 1.29 is 13.5 Å². The van der Waals surface area contributed by atoms with E-state index in [4.69, 9.17) is 4.74 Å². The molecule has 0 aliphatic carbocycles. The fraction of sp³-hybridized carbons (Fsp3) is 0.455. The van der Waals surface area contributed by atoms with Gasteiger partial charge in [-0.2, -0.15) is 0 Å². The summed E-state index contributed by atoms with van der Waals surface area (Å²) in [4.78, 5) is 0. The molecule has 0 aromatic heterocycles. The molecule has 0 amide bonds. The largest absolute Gasteiger partial charge is 0.489 e. The number of ether oxygens (including phenoxy) is 1. The zero-order valence-corrected chi connectivity index (χ0v) is 8.72. The minimum atomic E-state index is -0.535. The zero-order chi connectivity index (χ0) is 11.1. The van der Waals surface area contributed by atoms with Crippen LogP contribution < -0.4 is 10.1 Å². The number of benzene rings is 1. The molecule has 2 nitrogen and oxygen atoms in total. The Kier molecular flexibility index (Phi) is 5.04. The van der Waals surface area contributed by atoms with Gasteiger partial charge >= 0.3 is 0 Å². The van der Waals surface area contributed by atoms with Crippen molar-refractivity contribution in [2.45, 2.75) is 13.3 Å². The molecule has 0 saturated heterocycles. The second-order valence-electron chi connectivity index (χ2n) is 3.17. The molecule has 0 saturated carbocycles. The second-order valence-corrected chi connectivity index (χ2v) is 3.17. The SMILES string of the molecule is CCCNCCOc1cc(F)ccc1F. The summed E-state index contributed by atoms with van der Waals surface area (Å²) in [6.07, 6.45) is 1.04. The standard InChI is InChI=1S/C11H15F2NO/c1-2-5-14-6-7-15-11-8-9(12)3-4-10(11)13/h3-4,8,14H,2,5-7H2,1H3. The normalized spacial score (nSPS) is 10.3. The van der Waals surface area contributed by atoms with Crippen LogP contribution in [0.15, 0.2) is 18.2 Å². The highest BCUT2D eigenvalue weighted by Gasteiger charge is 2.03. The molecule has 0 heterocycles. The minimum absolute atomic E-state index is 0.0340. The number of nitrogens with one attached hydrogen (secondary N) is 1. The van der Waals surface area contributed by atoms with E-state index < -0.39 is 11.6 Å². The van der Waals surface area contributed by atoms with E-state index in [1.807, 2.05) is 0 Å². The van der Waals surface area contributed by atoms with E-state index in [1.165, 1.54) is 0 Å². The molecule has 0 aliphatic rings. The molecule has 84 valence electrons. The van der Waals surface area contributed by atoms with Crippen molar-refractivity contribution in [2.75, 3.05) is 19.7 Å². The first kappa shape index (κ1) is 11.9. The first-order valence-corrected chi connectivity index (χ1v) is 5.02. The topological polar surface area (TPSA) is 21.3 Å². The zero-order valence-electron chi connectivity index (χ0n) is 8.72. The van der Waals surface area contributed by atoms with Gasteiger partial charge in [-0.1, -0.05) is 6.92 Å². The number of rotatable bonds is 6. The highest BCUT2D eigenvalue weighted by Crippen LogP contribution is 2.17. The molecule has 0 spiro atoms. The van der Waals surface area contributed by atoms with Crippen molar-refractivity contribution in [3.8, 4) is 5.75 Å². The third-order valence-electron chi connectivity index (χ3n) is 1.86. The lowest BCUT2D eigenvalue weighted by atomic mass is 10.3. The summed E-state index contributed by atoms with van der Waals surface area (Å²) in [5, 5.41) is 3.10. The van der Waals surface area contributed by atoms with Gasteiger partial charge < -0.3 is 10.1 Å². The van der Waals surface area contributed by atoms with Crippen LogP contribution in [0.3, 0.4) is 0 Å². The monoisotopic (exact) mass is 215 g/mol. The molecule has 0 atom stereocenters. The summed E-state index contributed by atoms with van der Waals surface area (Å²) in [5.41, 5.74) is 0. The Morgan fingerprint density at radius 2 is 2.07 bits per heavy atom. The summed E-state index contributed by atoms with van der Waals surface area (Å²) in [6.45, 7) is 3.92. The molecule has 15 heavy (non-hydrogen) atoms. The van der Waals surface area contributed by atoms with Crippen molar-refractivity contribution in [1.29, 1.82) is 0 Å². The van der Waals surface area contributed by atoms with Crippen LogP contribution in [0.4, 0.5) is 8.78 Å². The van der Waals surface area contributed by atoms with Crippen molar-refractivity contribution >= 4 is 0 Å². The number of hydrogen-bond donors (Lipinski definition) is 1. The molecule has 4 heteroatoms. The lowest BCUT2D eigenvalue weighted by Gasteiger charge is -2.07. The van der Waals surface area contributed by atoms with Gasteiger partial charge in [0.1, 0.15) is 12.4 Å². The lowest BCUT2D eigenvalue weighted by Crippen LogP contribution is -2.21. The van der Waals surface area contributed by atoms with Crippen LogP contribution >= 0.6 is 0 Å². The quantitative estimate of drug-likeness (QED) is 0.735. The Bertz CT molecular complexity index is 305. The molecule has 0 unspecified atom stereocenters. The van der Waals surface area contributed by atoms with E-state index in [2.05, 4.69) is 12.2 Å². The van der Waals surface area contributed by atoms with Crippen LogP contribution in [0.2, 0.25) is 0 Å². The summed E-state index contributed by atoms with van der Waals surface area (Å²) in [6, 6.07) is 3.18. The summed E-state index contributed by atoms with van der Waals surface area (Å²) in [5.74, 6) is -1.06. The Morgan fingerprint density at radius 1 is 1.27 bits per heavy atom. The maximum absolute atomic E-state index is 13.0. The summed E-state index contributed by atoms with van der Waals surface area (Å²) >= 11 is 0. The van der Waals surface area contributed by atoms with E-state index in [-0.39, 0.29) is 5.75 Å². The van der Waals surface area contributed by atoms with Gasteiger partial charge in [-0.15, -0.1) is 0 Å². The van der Waals surface area contributed by atoms with Gasteiger partial charge in [0.2, 0.25) is 0 Å². The van der Waals surface area contributed by atoms with Crippen molar-refractivity contribution in [3.63, 3.8) is 0 Å². The van der Waals surface area contributed by atoms with Crippen molar-refractivity contribution in [2.24, 2.45) is 0 Å². The minimum Gasteiger partial charge on any atom is -0.489 e. The molecular weight excluding hydrogens is 200 g/mol. The summed E-state index contributed by atoms with van der Waals surface area (Å²) in [7, 11) is 0. The van der Waals surface area contributed by atoms with Crippen molar-refractivity contribution in [1.82, 2.24) is 5.32 Å². The maximum atomic E-state index is 13.0. The van der Waals surface area contributed by atoms with Gasteiger partial charge in [-0.25, -0.2) is 8.78 Å². The van der Waals surface area contributed by atoms with E-state index in [0.717, 1.165) is 31.2 Å². The van der Waals surface area contributed by atoms with Crippen molar-refractivity contribution in [3.05, 3.63) is 29.8 Å². The van der Waals surface area contributed by atoms with Gasteiger partial charge in [0.15, 0.2) is 11.6 Å².